The average molecular weight is 651 g/mol. The molecule has 0 saturated heterocycles. The van der Waals surface area contributed by atoms with Crippen molar-refractivity contribution in [1.82, 2.24) is 15.0 Å². The van der Waals surface area contributed by atoms with Crippen molar-refractivity contribution in [3.8, 4) is 34.2 Å². The summed E-state index contributed by atoms with van der Waals surface area (Å²) in [6.07, 6.45) is 12.3. The van der Waals surface area contributed by atoms with Crippen LogP contribution in [0.15, 0.2) is 180 Å². The summed E-state index contributed by atoms with van der Waals surface area (Å²) >= 11 is 0. The summed E-state index contributed by atoms with van der Waals surface area (Å²) in [5, 5.41) is 1.92. The Hall–Kier alpha value is -6.33. The lowest BCUT2D eigenvalue weighted by molar-refractivity contribution is 0.669. The van der Waals surface area contributed by atoms with E-state index in [0.29, 0.717) is 17.5 Å². The van der Waals surface area contributed by atoms with Gasteiger partial charge in [-0.15, -0.1) is 0 Å². The van der Waals surface area contributed by atoms with Gasteiger partial charge in [-0.3, -0.25) is 0 Å². The van der Waals surface area contributed by atoms with Crippen LogP contribution in [0.4, 0.5) is 5.69 Å². The second kappa shape index (κ2) is 14.8. The highest BCUT2D eigenvalue weighted by Crippen LogP contribution is 2.39. The minimum Gasteiger partial charge on any atom is -0.456 e. The molecule has 0 aliphatic heterocycles. The van der Waals surface area contributed by atoms with Gasteiger partial charge in [-0.05, 0) is 55.7 Å². The fourth-order valence-corrected chi connectivity index (χ4v) is 6.09. The molecule has 5 aromatic carbocycles. The maximum atomic E-state index is 6.45. The van der Waals surface area contributed by atoms with Gasteiger partial charge in [0.2, 0.25) is 0 Å². The highest BCUT2D eigenvalue weighted by molar-refractivity contribution is 6.12. The molecular weight excluding hydrogens is 613 g/mol. The van der Waals surface area contributed by atoms with Crippen LogP contribution in [0.2, 0.25) is 0 Å². The monoisotopic (exact) mass is 650 g/mol. The average Bonchev–Trinajstić information content (AvgIpc) is 3.55. The maximum Gasteiger partial charge on any atom is 0.164 e. The van der Waals surface area contributed by atoms with E-state index in [1.165, 1.54) is 5.56 Å². The second-order valence-corrected chi connectivity index (χ2v) is 12.1. The number of hydrogen-bond acceptors (Lipinski definition) is 5. The van der Waals surface area contributed by atoms with Crippen LogP contribution in [0.25, 0.3) is 56.1 Å². The van der Waals surface area contributed by atoms with Crippen molar-refractivity contribution in [2.45, 2.75) is 26.7 Å². The van der Waals surface area contributed by atoms with Crippen LogP contribution in [0, 0.1) is 0 Å². The first kappa shape index (κ1) is 32.2. The van der Waals surface area contributed by atoms with Crippen LogP contribution in [-0.4, -0.2) is 15.0 Å². The van der Waals surface area contributed by atoms with Crippen LogP contribution in [0.3, 0.4) is 0 Å². The first-order chi connectivity index (χ1) is 24.6. The number of furan rings is 1. The zero-order valence-electron chi connectivity index (χ0n) is 28.3. The van der Waals surface area contributed by atoms with Crippen molar-refractivity contribution in [1.29, 1.82) is 0 Å². The van der Waals surface area contributed by atoms with Crippen LogP contribution in [0.5, 0.6) is 0 Å². The summed E-state index contributed by atoms with van der Waals surface area (Å²) < 4.78 is 6.45. The summed E-state index contributed by atoms with van der Waals surface area (Å²) in [6.45, 7) is 8.75. The SMILES string of the molecule is C=C(/C=C\C=C/CC)N(/C(C)=C/Cc1ccccc1)c1ccc2oc3cccc(-c4nc(-c5ccccc5)nc(-c5ccccc5)n4)c3c2c1. The number of hydrogen-bond donors (Lipinski definition) is 0. The molecule has 0 bridgehead atoms. The quantitative estimate of drug-likeness (QED) is 0.130. The largest absolute Gasteiger partial charge is 0.456 e. The predicted octanol–water partition coefficient (Wildman–Crippen LogP) is 11.8. The lowest BCUT2D eigenvalue weighted by Crippen LogP contribution is -2.18. The van der Waals surface area contributed by atoms with Crippen molar-refractivity contribution in [2.24, 2.45) is 0 Å². The van der Waals surface area contributed by atoms with E-state index in [1.54, 1.807) is 0 Å². The molecule has 7 rings (SSSR count). The standard InChI is InChI=1S/C45H38N4O/c1-4-5-6-10-18-32(2)49(33(3)27-28-34-19-11-7-12-20-34)37-29-30-40-39(31-37)42-38(25-17-26-41(42)50-40)45-47-43(35-21-13-8-14-22-35)46-44(48-45)36-23-15-9-16-24-36/h5-27,29-31H,2,4,28H2,1,3H3/b6-5-,18-10-,33-27+. The van der Waals surface area contributed by atoms with Gasteiger partial charge in [0.25, 0.3) is 0 Å². The molecule has 244 valence electrons. The van der Waals surface area contributed by atoms with E-state index < -0.39 is 0 Å². The molecule has 0 aliphatic carbocycles. The van der Waals surface area contributed by atoms with Crippen molar-refractivity contribution in [3.63, 3.8) is 0 Å². The fraction of sp³-hybridized carbons (Fsp3) is 0.0889. The summed E-state index contributed by atoms with van der Waals surface area (Å²) in [6, 6.07) is 42.9. The number of rotatable bonds is 11. The Kier molecular flexibility index (Phi) is 9.56. The van der Waals surface area contributed by atoms with E-state index in [0.717, 1.165) is 68.6 Å². The van der Waals surface area contributed by atoms with Gasteiger partial charge in [-0.1, -0.05) is 141 Å². The van der Waals surface area contributed by atoms with E-state index in [2.05, 4.69) is 92.1 Å². The van der Waals surface area contributed by atoms with Gasteiger partial charge >= 0.3 is 0 Å². The van der Waals surface area contributed by atoms with Crippen LogP contribution < -0.4 is 4.90 Å². The Balaban J connectivity index is 1.38. The number of fused-ring (bicyclic) bond motifs is 3. The van der Waals surface area contributed by atoms with Gasteiger partial charge in [-0.25, -0.2) is 15.0 Å². The zero-order chi connectivity index (χ0) is 34.3. The van der Waals surface area contributed by atoms with E-state index in [-0.39, 0.29) is 0 Å². The van der Waals surface area contributed by atoms with Gasteiger partial charge in [-0.2, -0.15) is 0 Å². The van der Waals surface area contributed by atoms with Gasteiger partial charge in [0, 0.05) is 44.5 Å². The lowest BCUT2D eigenvalue weighted by atomic mass is 10.0. The molecule has 0 unspecified atom stereocenters. The minimum atomic E-state index is 0.585. The van der Waals surface area contributed by atoms with Gasteiger partial charge in [0.05, 0.1) is 0 Å². The Bertz CT molecular complexity index is 2300. The Morgan fingerprint density at radius 3 is 2.00 bits per heavy atom. The van der Waals surface area contributed by atoms with Gasteiger partial charge < -0.3 is 9.32 Å². The molecule has 2 heterocycles. The predicted molar refractivity (Wildman–Crippen MR) is 208 cm³/mol. The molecule has 0 atom stereocenters. The smallest absolute Gasteiger partial charge is 0.164 e. The molecule has 5 heteroatoms. The van der Waals surface area contributed by atoms with Crippen LogP contribution >= 0.6 is 0 Å². The number of aromatic nitrogens is 3. The van der Waals surface area contributed by atoms with Gasteiger partial charge in [0.15, 0.2) is 17.5 Å². The number of anilines is 1. The number of benzene rings is 5. The number of allylic oxidation sites excluding steroid dienone is 6. The van der Waals surface area contributed by atoms with E-state index >= 15 is 0 Å². The molecule has 0 aliphatic rings. The van der Waals surface area contributed by atoms with Crippen LogP contribution in [0.1, 0.15) is 25.8 Å². The highest BCUT2D eigenvalue weighted by atomic mass is 16.3. The van der Waals surface area contributed by atoms with Gasteiger partial charge in [0.1, 0.15) is 11.2 Å². The molecule has 0 saturated carbocycles. The molecule has 0 amide bonds. The molecule has 2 aromatic heterocycles. The summed E-state index contributed by atoms with van der Waals surface area (Å²) in [7, 11) is 0. The molecule has 0 fully saturated rings. The Morgan fingerprint density at radius 1 is 0.700 bits per heavy atom. The highest BCUT2D eigenvalue weighted by Gasteiger charge is 2.20. The summed E-state index contributed by atoms with van der Waals surface area (Å²) in [4.78, 5) is 17.2. The van der Waals surface area contributed by atoms with E-state index in [1.807, 2.05) is 91.0 Å². The molecule has 0 radical (unpaired) electrons. The summed E-state index contributed by atoms with van der Waals surface area (Å²) in [5.41, 5.74) is 8.45. The maximum absolute atomic E-state index is 6.45. The van der Waals surface area contributed by atoms with Crippen molar-refractivity contribution in [2.75, 3.05) is 4.90 Å². The normalized spacial score (nSPS) is 12.0. The van der Waals surface area contributed by atoms with E-state index in [9.17, 15) is 0 Å². The molecule has 0 N–H and O–H groups in total. The summed E-state index contributed by atoms with van der Waals surface area (Å²) in [5.74, 6) is 1.82. The number of nitrogens with zero attached hydrogens (tertiary/aromatic N) is 4. The Labute approximate surface area is 293 Å². The third-order valence-electron chi connectivity index (χ3n) is 8.56. The fourth-order valence-electron chi connectivity index (χ4n) is 6.09. The molecule has 50 heavy (non-hydrogen) atoms. The minimum absolute atomic E-state index is 0.585. The topological polar surface area (TPSA) is 55.1 Å². The molecule has 0 spiro atoms. The van der Waals surface area contributed by atoms with Crippen molar-refractivity contribution < 1.29 is 4.42 Å². The van der Waals surface area contributed by atoms with Crippen molar-refractivity contribution in [3.05, 3.63) is 181 Å². The van der Waals surface area contributed by atoms with Crippen molar-refractivity contribution >= 4 is 27.6 Å². The molecule has 5 nitrogen and oxygen atoms in total. The molecule has 7 aromatic rings. The Morgan fingerprint density at radius 2 is 1.34 bits per heavy atom. The third kappa shape index (κ3) is 6.94. The second-order valence-electron chi connectivity index (χ2n) is 12.1. The lowest BCUT2D eigenvalue weighted by Gasteiger charge is -2.26. The third-order valence-corrected chi connectivity index (χ3v) is 8.56. The zero-order valence-corrected chi connectivity index (χ0v) is 28.3. The first-order valence-corrected chi connectivity index (χ1v) is 16.9. The molecular formula is C45H38N4O. The van der Waals surface area contributed by atoms with Crippen LogP contribution in [-0.2, 0) is 6.42 Å². The first-order valence-electron chi connectivity index (χ1n) is 16.9. The van der Waals surface area contributed by atoms with E-state index in [4.69, 9.17) is 19.4 Å².